The van der Waals surface area contributed by atoms with Gasteiger partial charge in [-0.25, -0.2) is 4.39 Å². The van der Waals surface area contributed by atoms with E-state index in [0.717, 1.165) is 18.2 Å². The van der Waals surface area contributed by atoms with Crippen molar-refractivity contribution in [2.24, 2.45) is 5.41 Å². The van der Waals surface area contributed by atoms with Gasteiger partial charge in [-0.3, -0.25) is 4.98 Å². The molecule has 0 radical (unpaired) electrons. The lowest BCUT2D eigenvalue weighted by atomic mass is 9.87. The van der Waals surface area contributed by atoms with Gasteiger partial charge in [-0.2, -0.15) is 0 Å². The van der Waals surface area contributed by atoms with E-state index in [9.17, 15) is 4.39 Å². The highest BCUT2D eigenvalue weighted by Crippen LogP contribution is 2.40. The van der Waals surface area contributed by atoms with Crippen LogP contribution >= 0.6 is 0 Å². The molecule has 1 heterocycles. The maximum Gasteiger partial charge on any atom is 0.150 e. The summed E-state index contributed by atoms with van der Waals surface area (Å²) in [5.41, 5.74) is 7.59. The van der Waals surface area contributed by atoms with Crippen LogP contribution in [-0.2, 0) is 0 Å². The van der Waals surface area contributed by atoms with Gasteiger partial charge >= 0.3 is 0 Å². The highest BCUT2D eigenvalue weighted by molar-refractivity contribution is 5.98. The fraction of sp³-hybridized carbons (Fsp3) is 0.438. The number of nitrogen functional groups attached to an aromatic ring is 1. The lowest BCUT2D eigenvalue weighted by Gasteiger charge is -2.29. The summed E-state index contributed by atoms with van der Waals surface area (Å²) >= 11 is 0. The molecular weight excluding hydrogens is 253 g/mol. The standard InChI is InChI=1S/C16H20FN3/c1-16(2)7-3-6-13(16)20-15-11(17)9-12(18)10-5-4-8-19-14(10)15/h4-5,8-9,13,20H,3,6-7,18H2,1-2H3. The Balaban J connectivity index is 2.07. The number of hydrogen-bond acceptors (Lipinski definition) is 3. The highest BCUT2D eigenvalue weighted by atomic mass is 19.1. The second-order valence-electron chi connectivity index (χ2n) is 6.30. The summed E-state index contributed by atoms with van der Waals surface area (Å²) < 4.78 is 14.3. The summed E-state index contributed by atoms with van der Waals surface area (Å²) in [5.74, 6) is -0.323. The number of rotatable bonds is 2. The summed E-state index contributed by atoms with van der Waals surface area (Å²) in [6.45, 7) is 4.45. The Kier molecular flexibility index (Phi) is 3.04. The van der Waals surface area contributed by atoms with Gasteiger partial charge in [0.15, 0.2) is 5.82 Å². The number of anilines is 2. The number of nitrogens with zero attached hydrogens (tertiary/aromatic N) is 1. The molecule has 1 saturated carbocycles. The Bertz CT molecular complexity index is 651. The predicted molar refractivity (Wildman–Crippen MR) is 81.2 cm³/mol. The first kappa shape index (κ1) is 13.2. The third kappa shape index (κ3) is 2.09. The Morgan fingerprint density at radius 2 is 2.25 bits per heavy atom. The topological polar surface area (TPSA) is 50.9 Å². The Hall–Kier alpha value is -1.84. The largest absolute Gasteiger partial charge is 0.398 e. The molecule has 1 aliphatic rings. The molecule has 1 unspecified atom stereocenters. The number of halogens is 1. The molecule has 4 heteroatoms. The number of hydrogen-bond donors (Lipinski definition) is 2. The highest BCUT2D eigenvalue weighted by Gasteiger charge is 2.35. The molecule has 0 spiro atoms. The number of benzene rings is 1. The van der Waals surface area contributed by atoms with Crippen molar-refractivity contribution in [3.05, 3.63) is 30.2 Å². The number of pyridine rings is 1. The smallest absolute Gasteiger partial charge is 0.150 e. The van der Waals surface area contributed by atoms with Crippen molar-refractivity contribution >= 4 is 22.3 Å². The molecule has 0 amide bonds. The Labute approximate surface area is 118 Å². The molecule has 2 aromatic rings. The molecule has 0 bridgehead atoms. The SMILES string of the molecule is CC1(C)CCCC1Nc1c(F)cc(N)c2cccnc12. The molecule has 1 aromatic heterocycles. The van der Waals surface area contributed by atoms with E-state index < -0.39 is 0 Å². The van der Waals surface area contributed by atoms with Gasteiger partial charge in [0.05, 0.1) is 11.2 Å². The zero-order chi connectivity index (χ0) is 14.3. The average molecular weight is 273 g/mol. The van der Waals surface area contributed by atoms with Crippen LogP contribution in [0.4, 0.5) is 15.8 Å². The van der Waals surface area contributed by atoms with Crippen LogP contribution in [0.5, 0.6) is 0 Å². The van der Waals surface area contributed by atoms with Crippen molar-refractivity contribution in [2.75, 3.05) is 11.1 Å². The number of fused-ring (bicyclic) bond motifs is 1. The molecule has 1 aromatic carbocycles. The summed E-state index contributed by atoms with van der Waals surface area (Å²) in [4.78, 5) is 4.31. The van der Waals surface area contributed by atoms with Gasteiger partial charge < -0.3 is 11.1 Å². The van der Waals surface area contributed by atoms with Gasteiger partial charge in [0.25, 0.3) is 0 Å². The van der Waals surface area contributed by atoms with Crippen LogP contribution in [-0.4, -0.2) is 11.0 Å². The minimum atomic E-state index is -0.323. The van der Waals surface area contributed by atoms with Crippen molar-refractivity contribution in [2.45, 2.75) is 39.2 Å². The van der Waals surface area contributed by atoms with Crippen LogP contribution in [0.15, 0.2) is 24.4 Å². The van der Waals surface area contributed by atoms with E-state index in [1.807, 2.05) is 12.1 Å². The molecule has 3 nitrogen and oxygen atoms in total. The monoisotopic (exact) mass is 273 g/mol. The summed E-state index contributed by atoms with van der Waals surface area (Å²) in [7, 11) is 0. The van der Waals surface area contributed by atoms with E-state index >= 15 is 0 Å². The first-order valence-corrected chi connectivity index (χ1v) is 7.08. The number of aromatic nitrogens is 1. The molecule has 1 aliphatic carbocycles. The van der Waals surface area contributed by atoms with Crippen molar-refractivity contribution in [3.8, 4) is 0 Å². The molecule has 3 rings (SSSR count). The molecule has 106 valence electrons. The Morgan fingerprint density at radius 3 is 2.95 bits per heavy atom. The first-order valence-electron chi connectivity index (χ1n) is 7.08. The molecule has 0 saturated heterocycles. The maximum atomic E-state index is 14.3. The third-order valence-corrected chi connectivity index (χ3v) is 4.45. The molecule has 0 aliphatic heterocycles. The van der Waals surface area contributed by atoms with Crippen LogP contribution in [0.25, 0.3) is 10.9 Å². The van der Waals surface area contributed by atoms with Crippen LogP contribution < -0.4 is 11.1 Å². The van der Waals surface area contributed by atoms with Crippen molar-refractivity contribution in [3.63, 3.8) is 0 Å². The van der Waals surface area contributed by atoms with Gasteiger partial charge in [0, 0.05) is 23.3 Å². The quantitative estimate of drug-likeness (QED) is 0.815. The predicted octanol–water partition coefficient (Wildman–Crippen LogP) is 3.95. The summed E-state index contributed by atoms with van der Waals surface area (Å²) in [5, 5.41) is 4.17. The number of nitrogens with two attached hydrogens (primary N) is 1. The molecule has 20 heavy (non-hydrogen) atoms. The van der Waals surface area contributed by atoms with Gasteiger partial charge in [-0.05, 0) is 36.5 Å². The average Bonchev–Trinajstić information content (AvgIpc) is 2.73. The number of nitrogens with one attached hydrogen (secondary N) is 1. The van der Waals surface area contributed by atoms with Crippen molar-refractivity contribution in [1.82, 2.24) is 4.98 Å². The van der Waals surface area contributed by atoms with Gasteiger partial charge in [0.2, 0.25) is 0 Å². The van der Waals surface area contributed by atoms with Crippen molar-refractivity contribution < 1.29 is 4.39 Å². The minimum Gasteiger partial charge on any atom is -0.398 e. The maximum absolute atomic E-state index is 14.3. The van der Waals surface area contributed by atoms with E-state index in [2.05, 4.69) is 24.1 Å². The van der Waals surface area contributed by atoms with E-state index in [-0.39, 0.29) is 17.3 Å². The summed E-state index contributed by atoms with van der Waals surface area (Å²) in [6, 6.07) is 5.35. The lowest BCUT2D eigenvalue weighted by Crippen LogP contribution is -2.31. The van der Waals surface area contributed by atoms with Crippen LogP contribution in [0.1, 0.15) is 33.1 Å². The second kappa shape index (κ2) is 4.62. The normalized spacial score (nSPS) is 21.2. The van der Waals surface area contributed by atoms with Crippen LogP contribution in [0.3, 0.4) is 0 Å². The molecule has 3 N–H and O–H groups in total. The van der Waals surface area contributed by atoms with Crippen molar-refractivity contribution in [1.29, 1.82) is 0 Å². The van der Waals surface area contributed by atoms with Gasteiger partial charge in [0.1, 0.15) is 0 Å². The first-order chi connectivity index (χ1) is 9.49. The zero-order valence-corrected chi connectivity index (χ0v) is 11.9. The lowest BCUT2D eigenvalue weighted by molar-refractivity contribution is 0.349. The van der Waals surface area contributed by atoms with Gasteiger partial charge in [-0.1, -0.05) is 20.3 Å². The van der Waals surface area contributed by atoms with E-state index in [0.29, 0.717) is 16.9 Å². The zero-order valence-electron chi connectivity index (χ0n) is 11.9. The Morgan fingerprint density at radius 1 is 1.45 bits per heavy atom. The molecular formula is C16H20FN3. The fourth-order valence-corrected chi connectivity index (χ4v) is 3.14. The third-order valence-electron chi connectivity index (χ3n) is 4.45. The van der Waals surface area contributed by atoms with Crippen LogP contribution in [0, 0.1) is 11.2 Å². The van der Waals surface area contributed by atoms with E-state index in [1.165, 1.54) is 12.5 Å². The summed E-state index contributed by atoms with van der Waals surface area (Å²) in [6.07, 6.45) is 5.07. The van der Waals surface area contributed by atoms with Crippen LogP contribution in [0.2, 0.25) is 0 Å². The minimum absolute atomic E-state index is 0.176. The second-order valence-corrected chi connectivity index (χ2v) is 6.30. The fourth-order valence-electron chi connectivity index (χ4n) is 3.14. The van der Waals surface area contributed by atoms with E-state index in [4.69, 9.17) is 5.73 Å². The molecule has 1 fully saturated rings. The molecule has 1 atom stereocenters. The van der Waals surface area contributed by atoms with E-state index in [1.54, 1.807) is 6.20 Å². The van der Waals surface area contributed by atoms with Gasteiger partial charge in [-0.15, -0.1) is 0 Å².